The van der Waals surface area contributed by atoms with Crippen molar-refractivity contribution in [1.82, 2.24) is 4.90 Å². The highest BCUT2D eigenvalue weighted by Gasteiger charge is 2.33. The summed E-state index contributed by atoms with van der Waals surface area (Å²) in [6.45, 7) is 4.43. The molecule has 0 radical (unpaired) electrons. The van der Waals surface area contributed by atoms with Crippen LogP contribution in [0.25, 0.3) is 0 Å². The van der Waals surface area contributed by atoms with E-state index in [0.717, 1.165) is 17.7 Å². The molecule has 2 aromatic carbocycles. The van der Waals surface area contributed by atoms with Crippen molar-refractivity contribution in [2.45, 2.75) is 33.0 Å². The minimum atomic E-state index is -4.61. The summed E-state index contributed by atoms with van der Waals surface area (Å²) >= 11 is 5.89. The van der Waals surface area contributed by atoms with E-state index < -0.39 is 30.1 Å². The molecule has 162 valence electrons. The van der Waals surface area contributed by atoms with Gasteiger partial charge in [0.25, 0.3) is 5.91 Å². The SMILES string of the molecule is Cc1cc(Cl)ccc1OCC(=O)N(CC(=O)Nc1ccccc1C(F)(F)F)C(C)C. The molecule has 9 heteroatoms. The third-order valence-corrected chi connectivity index (χ3v) is 4.49. The minimum absolute atomic E-state index is 0.326. The van der Waals surface area contributed by atoms with Crippen molar-refractivity contribution in [3.63, 3.8) is 0 Å². The molecule has 0 bridgehead atoms. The van der Waals surface area contributed by atoms with Crippen LogP contribution in [-0.4, -0.2) is 35.9 Å². The summed E-state index contributed by atoms with van der Waals surface area (Å²) in [5, 5.41) is 2.77. The number of aryl methyl sites for hydroxylation is 1. The van der Waals surface area contributed by atoms with E-state index in [1.807, 2.05) is 0 Å². The smallest absolute Gasteiger partial charge is 0.418 e. The van der Waals surface area contributed by atoms with Crippen molar-refractivity contribution in [2.24, 2.45) is 0 Å². The van der Waals surface area contributed by atoms with Gasteiger partial charge in [-0.2, -0.15) is 13.2 Å². The minimum Gasteiger partial charge on any atom is -0.483 e. The molecule has 0 aliphatic rings. The number of rotatable bonds is 7. The number of nitrogens with zero attached hydrogens (tertiary/aromatic N) is 1. The second kappa shape index (κ2) is 9.84. The third-order valence-electron chi connectivity index (χ3n) is 4.25. The second-order valence-electron chi connectivity index (χ2n) is 6.91. The van der Waals surface area contributed by atoms with Crippen molar-refractivity contribution in [1.29, 1.82) is 0 Å². The first kappa shape index (κ1) is 23.5. The zero-order valence-electron chi connectivity index (χ0n) is 16.7. The Morgan fingerprint density at radius 3 is 2.43 bits per heavy atom. The summed E-state index contributed by atoms with van der Waals surface area (Å²) in [7, 11) is 0. The lowest BCUT2D eigenvalue weighted by Crippen LogP contribution is -2.44. The van der Waals surface area contributed by atoms with Crippen molar-refractivity contribution in [3.8, 4) is 5.75 Å². The molecule has 0 atom stereocenters. The van der Waals surface area contributed by atoms with Gasteiger partial charge in [0.1, 0.15) is 12.3 Å². The van der Waals surface area contributed by atoms with Crippen molar-refractivity contribution in [2.75, 3.05) is 18.5 Å². The number of hydrogen-bond donors (Lipinski definition) is 1. The molecular formula is C21H22ClF3N2O3. The maximum absolute atomic E-state index is 13.1. The number of ether oxygens (including phenoxy) is 1. The summed E-state index contributed by atoms with van der Waals surface area (Å²) in [5.74, 6) is -0.741. The molecule has 0 aliphatic carbocycles. The van der Waals surface area contributed by atoms with Crippen LogP contribution in [0.3, 0.4) is 0 Å². The first-order valence-corrected chi connectivity index (χ1v) is 9.51. The standard InChI is InChI=1S/C21H22ClF3N2O3/c1-13(2)27(20(29)12-30-18-9-8-15(22)10-14(18)3)11-19(28)26-17-7-5-4-6-16(17)21(23,24)25/h4-10,13H,11-12H2,1-3H3,(H,26,28). The Kier molecular flexibility index (Phi) is 7.72. The van der Waals surface area contributed by atoms with E-state index in [4.69, 9.17) is 16.3 Å². The largest absolute Gasteiger partial charge is 0.483 e. The van der Waals surface area contributed by atoms with Gasteiger partial charge in [-0.15, -0.1) is 0 Å². The highest BCUT2D eigenvalue weighted by molar-refractivity contribution is 6.30. The maximum Gasteiger partial charge on any atom is 0.418 e. The fourth-order valence-electron chi connectivity index (χ4n) is 2.74. The van der Waals surface area contributed by atoms with Crippen LogP contribution in [0.5, 0.6) is 5.75 Å². The number of para-hydroxylation sites is 1. The fourth-order valence-corrected chi connectivity index (χ4v) is 2.97. The molecule has 0 aliphatic heterocycles. The van der Waals surface area contributed by atoms with Gasteiger partial charge in [-0.3, -0.25) is 9.59 Å². The van der Waals surface area contributed by atoms with Gasteiger partial charge in [-0.25, -0.2) is 0 Å². The van der Waals surface area contributed by atoms with Crippen LogP contribution in [0.2, 0.25) is 5.02 Å². The van der Waals surface area contributed by atoms with Crippen LogP contribution in [0, 0.1) is 6.92 Å². The molecule has 0 fully saturated rings. The van der Waals surface area contributed by atoms with Gasteiger partial charge in [0.15, 0.2) is 6.61 Å². The van der Waals surface area contributed by atoms with E-state index in [-0.39, 0.29) is 18.3 Å². The molecule has 0 saturated heterocycles. The van der Waals surface area contributed by atoms with E-state index in [2.05, 4.69) is 5.32 Å². The number of nitrogens with one attached hydrogen (secondary N) is 1. The number of carbonyl (C=O) groups excluding carboxylic acids is 2. The predicted octanol–water partition coefficient (Wildman–Crippen LogP) is 4.92. The Balaban J connectivity index is 2.04. The number of halogens is 4. The highest BCUT2D eigenvalue weighted by Crippen LogP contribution is 2.34. The highest BCUT2D eigenvalue weighted by atomic mass is 35.5. The van der Waals surface area contributed by atoms with Crippen LogP contribution in [-0.2, 0) is 15.8 Å². The van der Waals surface area contributed by atoms with E-state index >= 15 is 0 Å². The Morgan fingerprint density at radius 1 is 1.17 bits per heavy atom. The average Bonchev–Trinajstić information content (AvgIpc) is 2.64. The normalized spacial score (nSPS) is 11.3. The van der Waals surface area contributed by atoms with Gasteiger partial charge < -0.3 is 15.0 Å². The number of benzene rings is 2. The van der Waals surface area contributed by atoms with Crippen molar-refractivity contribution < 1.29 is 27.5 Å². The molecule has 0 aromatic heterocycles. The predicted molar refractivity (Wildman–Crippen MR) is 109 cm³/mol. The topological polar surface area (TPSA) is 58.6 Å². The first-order chi connectivity index (χ1) is 14.0. The molecule has 5 nitrogen and oxygen atoms in total. The molecule has 2 rings (SSSR count). The van der Waals surface area contributed by atoms with Gasteiger partial charge in [0, 0.05) is 11.1 Å². The van der Waals surface area contributed by atoms with E-state index in [9.17, 15) is 22.8 Å². The summed E-state index contributed by atoms with van der Waals surface area (Å²) in [4.78, 5) is 26.1. The van der Waals surface area contributed by atoms with Gasteiger partial charge in [0.05, 0.1) is 11.3 Å². The van der Waals surface area contributed by atoms with Crippen LogP contribution in [0.1, 0.15) is 25.0 Å². The zero-order valence-corrected chi connectivity index (χ0v) is 17.5. The summed E-state index contributed by atoms with van der Waals surface area (Å²) in [6.07, 6.45) is -4.61. The van der Waals surface area contributed by atoms with Crippen LogP contribution in [0.4, 0.5) is 18.9 Å². The Morgan fingerprint density at radius 2 is 1.83 bits per heavy atom. The molecule has 0 unspecified atom stereocenters. The second-order valence-corrected chi connectivity index (χ2v) is 7.34. The monoisotopic (exact) mass is 442 g/mol. The van der Waals surface area contributed by atoms with E-state index in [1.165, 1.54) is 17.0 Å². The fraction of sp³-hybridized carbons (Fsp3) is 0.333. The number of hydrogen-bond acceptors (Lipinski definition) is 3. The van der Waals surface area contributed by atoms with Crippen LogP contribution < -0.4 is 10.1 Å². The van der Waals surface area contributed by atoms with Gasteiger partial charge in [-0.05, 0) is 56.7 Å². The number of carbonyl (C=O) groups is 2. The average molecular weight is 443 g/mol. The summed E-state index contributed by atoms with van der Waals surface area (Å²) < 4.78 is 44.8. The maximum atomic E-state index is 13.1. The Labute approximate surface area is 177 Å². The molecule has 2 amide bonds. The Hall–Kier alpha value is -2.74. The summed E-state index contributed by atoms with van der Waals surface area (Å²) in [5.41, 5.74) is -0.575. The van der Waals surface area contributed by atoms with Crippen LogP contribution >= 0.6 is 11.6 Å². The third kappa shape index (κ3) is 6.38. The molecule has 1 N–H and O–H groups in total. The quantitative estimate of drug-likeness (QED) is 0.662. The van der Waals surface area contributed by atoms with Crippen LogP contribution in [0.15, 0.2) is 42.5 Å². The lowest BCUT2D eigenvalue weighted by Gasteiger charge is -2.26. The number of alkyl halides is 3. The van der Waals surface area contributed by atoms with Gasteiger partial charge in [0.2, 0.25) is 5.91 Å². The van der Waals surface area contributed by atoms with Gasteiger partial charge >= 0.3 is 6.18 Å². The first-order valence-electron chi connectivity index (χ1n) is 9.13. The number of anilines is 1. The van der Waals surface area contributed by atoms with Crippen molar-refractivity contribution in [3.05, 3.63) is 58.6 Å². The molecule has 0 heterocycles. The summed E-state index contributed by atoms with van der Waals surface area (Å²) in [6, 6.07) is 9.24. The Bertz CT molecular complexity index is 917. The van der Waals surface area contributed by atoms with Gasteiger partial charge in [-0.1, -0.05) is 23.7 Å². The molecule has 0 spiro atoms. The van der Waals surface area contributed by atoms with E-state index in [1.54, 1.807) is 39.0 Å². The number of amides is 2. The van der Waals surface area contributed by atoms with Crippen molar-refractivity contribution >= 4 is 29.1 Å². The lowest BCUT2D eigenvalue weighted by atomic mass is 10.1. The van der Waals surface area contributed by atoms with E-state index in [0.29, 0.717) is 10.8 Å². The molecule has 2 aromatic rings. The molecule has 30 heavy (non-hydrogen) atoms. The zero-order chi connectivity index (χ0) is 22.5. The molecular weight excluding hydrogens is 421 g/mol. The molecule has 0 saturated carbocycles. The lowest BCUT2D eigenvalue weighted by molar-refractivity contribution is -0.139.